The lowest BCUT2D eigenvalue weighted by atomic mass is 10.0. The van der Waals surface area contributed by atoms with Gasteiger partial charge in [-0.2, -0.15) is 0 Å². The highest BCUT2D eigenvalue weighted by Gasteiger charge is 2.23. The molecule has 0 bridgehead atoms. The number of rotatable bonds is 9. The summed E-state index contributed by atoms with van der Waals surface area (Å²) in [6, 6.07) is 20.6. The lowest BCUT2D eigenvalue weighted by Gasteiger charge is -2.30. The summed E-state index contributed by atoms with van der Waals surface area (Å²) in [4.78, 5) is 29.7. The van der Waals surface area contributed by atoms with Gasteiger partial charge in [-0.25, -0.2) is 0 Å². The topological polar surface area (TPSA) is 65.8 Å². The van der Waals surface area contributed by atoms with E-state index in [1.807, 2.05) is 18.2 Å². The Kier molecular flexibility index (Phi) is 8.25. The van der Waals surface area contributed by atoms with Crippen molar-refractivity contribution in [2.75, 3.05) is 31.6 Å². The van der Waals surface area contributed by atoms with Gasteiger partial charge < -0.3 is 14.6 Å². The van der Waals surface area contributed by atoms with Gasteiger partial charge in [0.25, 0.3) is 11.8 Å². The average molecular weight is 498 g/mol. The number of amides is 2. The van der Waals surface area contributed by atoms with Crippen LogP contribution in [0, 0.1) is 0 Å². The fourth-order valence-corrected chi connectivity index (χ4v) is 4.05. The molecule has 7 heteroatoms. The van der Waals surface area contributed by atoms with Crippen molar-refractivity contribution in [1.82, 2.24) is 10.2 Å². The molecule has 0 fully saturated rings. The van der Waals surface area contributed by atoms with Crippen LogP contribution in [0.3, 0.4) is 0 Å². The van der Waals surface area contributed by atoms with Crippen LogP contribution in [0.1, 0.15) is 46.4 Å². The van der Waals surface area contributed by atoms with E-state index in [4.69, 9.17) is 4.42 Å². The van der Waals surface area contributed by atoms with Gasteiger partial charge in [-0.3, -0.25) is 14.5 Å². The Hall–Kier alpha value is -2.90. The fourth-order valence-electron chi connectivity index (χ4n) is 3.74. The first kappa shape index (κ1) is 23.8. The van der Waals surface area contributed by atoms with E-state index in [2.05, 4.69) is 52.1 Å². The zero-order valence-electron chi connectivity index (χ0n) is 18.5. The molecule has 3 rings (SSSR count). The highest BCUT2D eigenvalue weighted by atomic mass is 79.9. The number of anilines is 1. The average Bonchev–Trinajstić information content (AvgIpc) is 3.27. The van der Waals surface area contributed by atoms with Gasteiger partial charge in [0.05, 0.1) is 17.3 Å². The second-order valence-electron chi connectivity index (χ2n) is 7.34. The molecule has 0 aliphatic heterocycles. The molecule has 2 aromatic carbocycles. The summed E-state index contributed by atoms with van der Waals surface area (Å²) in [6.45, 7) is 6.44. The number of nitrogens with one attached hydrogen (secondary N) is 1. The van der Waals surface area contributed by atoms with E-state index < -0.39 is 0 Å². The number of hydrogen-bond acceptors (Lipinski definition) is 4. The molecule has 0 saturated heterocycles. The molecule has 1 unspecified atom stereocenters. The Labute approximate surface area is 197 Å². The van der Waals surface area contributed by atoms with Gasteiger partial charge in [0.1, 0.15) is 0 Å². The van der Waals surface area contributed by atoms with Crippen molar-refractivity contribution in [3.8, 4) is 0 Å². The molecule has 168 valence electrons. The van der Waals surface area contributed by atoms with Crippen LogP contribution in [0.25, 0.3) is 0 Å². The normalized spacial score (nSPS) is 11.9. The first-order valence-corrected chi connectivity index (χ1v) is 11.4. The maximum absolute atomic E-state index is 13.2. The molecule has 0 radical (unpaired) electrons. The van der Waals surface area contributed by atoms with Crippen LogP contribution in [-0.2, 0) is 0 Å². The minimum atomic E-state index is -0.332. The van der Waals surface area contributed by atoms with E-state index in [-0.39, 0.29) is 23.6 Å². The van der Waals surface area contributed by atoms with Crippen LogP contribution in [-0.4, -0.2) is 43.4 Å². The van der Waals surface area contributed by atoms with E-state index in [1.165, 1.54) is 4.90 Å². The van der Waals surface area contributed by atoms with Crippen molar-refractivity contribution in [2.45, 2.75) is 19.9 Å². The molecule has 0 spiro atoms. The number of carbonyl (C=O) groups excluding carboxylic acids is 2. The summed E-state index contributed by atoms with van der Waals surface area (Å²) in [6.07, 6.45) is 0. The number of carbonyl (C=O) groups is 2. The zero-order valence-corrected chi connectivity index (χ0v) is 20.1. The Morgan fingerprint density at radius 3 is 2.25 bits per heavy atom. The smallest absolute Gasteiger partial charge is 0.293 e. The minimum Gasteiger partial charge on any atom is -0.444 e. The Morgan fingerprint density at radius 1 is 0.969 bits per heavy atom. The predicted molar refractivity (Wildman–Crippen MR) is 130 cm³/mol. The molecule has 2 amide bonds. The summed E-state index contributed by atoms with van der Waals surface area (Å²) in [5.41, 5.74) is 2.10. The monoisotopic (exact) mass is 497 g/mol. The Balaban J connectivity index is 1.80. The summed E-state index contributed by atoms with van der Waals surface area (Å²) in [7, 11) is 1.63. The summed E-state index contributed by atoms with van der Waals surface area (Å²) in [5, 5.41) is 3.08. The third-order valence-electron chi connectivity index (χ3n) is 5.49. The summed E-state index contributed by atoms with van der Waals surface area (Å²) < 4.78 is 5.86. The molecule has 6 nitrogen and oxygen atoms in total. The van der Waals surface area contributed by atoms with Crippen molar-refractivity contribution in [1.29, 1.82) is 0 Å². The number of halogens is 1. The minimum absolute atomic E-state index is 0.0575. The molecule has 32 heavy (non-hydrogen) atoms. The lowest BCUT2D eigenvalue weighted by molar-refractivity contribution is 0.0935. The number of nitrogens with zero attached hydrogens (tertiary/aromatic N) is 2. The quantitative estimate of drug-likeness (QED) is 0.444. The molecule has 0 aliphatic carbocycles. The molecule has 3 aromatic rings. The molecule has 1 heterocycles. The van der Waals surface area contributed by atoms with Crippen molar-refractivity contribution < 1.29 is 14.0 Å². The molecule has 0 saturated carbocycles. The molecule has 0 aliphatic rings. The van der Waals surface area contributed by atoms with E-state index >= 15 is 0 Å². The standard InChI is InChI=1S/C25H28BrN3O3/c1-4-29(5-2)21(18-11-7-6-8-12-18)17-27-24(30)19-13-9-10-14-20(19)28(3)25(31)22-15-16-23(26)32-22/h6-16,21H,4-5,17H2,1-3H3,(H,27,30). The van der Waals surface area contributed by atoms with Gasteiger partial charge in [0.15, 0.2) is 10.4 Å². The number of furan rings is 1. The lowest BCUT2D eigenvalue weighted by Crippen LogP contribution is -2.38. The van der Waals surface area contributed by atoms with Gasteiger partial charge in [-0.1, -0.05) is 56.3 Å². The highest BCUT2D eigenvalue weighted by Crippen LogP contribution is 2.24. The largest absolute Gasteiger partial charge is 0.444 e. The van der Waals surface area contributed by atoms with Crippen LogP contribution < -0.4 is 10.2 Å². The van der Waals surface area contributed by atoms with E-state index in [0.717, 1.165) is 18.7 Å². The summed E-state index contributed by atoms with van der Waals surface area (Å²) >= 11 is 3.21. The molecule has 1 N–H and O–H groups in total. The van der Waals surface area contributed by atoms with Crippen LogP contribution >= 0.6 is 15.9 Å². The van der Waals surface area contributed by atoms with E-state index in [1.54, 1.807) is 43.4 Å². The van der Waals surface area contributed by atoms with Crippen LogP contribution in [0.5, 0.6) is 0 Å². The van der Waals surface area contributed by atoms with Crippen molar-refractivity contribution in [3.05, 3.63) is 88.3 Å². The van der Waals surface area contributed by atoms with Crippen molar-refractivity contribution in [2.24, 2.45) is 0 Å². The number of para-hydroxylation sites is 1. The predicted octanol–water partition coefficient (Wildman–Crippen LogP) is 5.13. The van der Waals surface area contributed by atoms with Gasteiger partial charge in [0, 0.05) is 13.6 Å². The van der Waals surface area contributed by atoms with Gasteiger partial charge >= 0.3 is 0 Å². The molecule has 1 atom stereocenters. The zero-order chi connectivity index (χ0) is 23.1. The van der Waals surface area contributed by atoms with Gasteiger partial charge in [0.2, 0.25) is 0 Å². The third kappa shape index (κ3) is 5.47. The molecular formula is C25H28BrN3O3. The van der Waals surface area contributed by atoms with Crippen LogP contribution in [0.2, 0.25) is 0 Å². The Morgan fingerprint density at radius 2 is 1.62 bits per heavy atom. The number of likely N-dealkylation sites (N-methyl/N-ethyl adjacent to an activating group) is 1. The fraction of sp³-hybridized carbons (Fsp3) is 0.280. The van der Waals surface area contributed by atoms with E-state index in [0.29, 0.717) is 22.5 Å². The second kappa shape index (κ2) is 11.1. The maximum Gasteiger partial charge on any atom is 0.293 e. The van der Waals surface area contributed by atoms with Crippen LogP contribution in [0.4, 0.5) is 5.69 Å². The van der Waals surface area contributed by atoms with Crippen molar-refractivity contribution in [3.63, 3.8) is 0 Å². The first-order valence-electron chi connectivity index (χ1n) is 10.7. The highest BCUT2D eigenvalue weighted by molar-refractivity contribution is 9.10. The van der Waals surface area contributed by atoms with E-state index in [9.17, 15) is 9.59 Å². The van der Waals surface area contributed by atoms with Gasteiger partial charge in [-0.15, -0.1) is 0 Å². The second-order valence-corrected chi connectivity index (χ2v) is 8.12. The maximum atomic E-state index is 13.2. The first-order chi connectivity index (χ1) is 15.5. The number of hydrogen-bond donors (Lipinski definition) is 1. The van der Waals surface area contributed by atoms with Crippen molar-refractivity contribution >= 4 is 33.4 Å². The third-order valence-corrected chi connectivity index (χ3v) is 5.92. The Bertz CT molecular complexity index is 1050. The number of benzene rings is 2. The molecule has 1 aromatic heterocycles. The van der Waals surface area contributed by atoms with Gasteiger partial charge in [-0.05, 0) is 58.8 Å². The molecular weight excluding hydrogens is 470 g/mol. The summed E-state index contributed by atoms with van der Waals surface area (Å²) in [5.74, 6) is -0.365. The SMILES string of the molecule is CCN(CC)C(CNC(=O)c1ccccc1N(C)C(=O)c1ccc(Br)o1)c1ccccc1. The van der Waals surface area contributed by atoms with Crippen LogP contribution in [0.15, 0.2) is 75.8 Å².